The third-order valence-corrected chi connectivity index (χ3v) is 5.32. The minimum Gasteiger partial charge on any atom is -0.351 e. The van der Waals surface area contributed by atoms with Gasteiger partial charge in [0.05, 0.1) is 0 Å². The van der Waals surface area contributed by atoms with Gasteiger partial charge in [-0.05, 0) is 42.7 Å². The Morgan fingerprint density at radius 2 is 1.85 bits per heavy atom. The molecule has 1 N–H and O–H groups in total. The van der Waals surface area contributed by atoms with Crippen LogP contribution >= 0.6 is 0 Å². The third kappa shape index (κ3) is 3.65. The number of hydrogen-bond acceptors (Lipinski definition) is 2. The monoisotopic (exact) mass is 347 g/mol. The summed E-state index contributed by atoms with van der Waals surface area (Å²) in [6, 6.07) is 18.8. The molecule has 0 atom stereocenters. The molecule has 1 amide bonds. The SMILES string of the molecule is Cn1ccc2cc(C(=O)NC3CCN(Cc4ccccc4)CC3)ccc21. The molecule has 0 spiro atoms. The quantitative estimate of drug-likeness (QED) is 0.783. The van der Waals surface area contributed by atoms with E-state index in [1.54, 1.807) is 0 Å². The van der Waals surface area contributed by atoms with E-state index in [9.17, 15) is 4.79 Å². The Morgan fingerprint density at radius 3 is 2.62 bits per heavy atom. The molecular formula is C22H25N3O. The van der Waals surface area contributed by atoms with Crippen LogP contribution in [0.1, 0.15) is 28.8 Å². The number of piperidine rings is 1. The van der Waals surface area contributed by atoms with E-state index >= 15 is 0 Å². The molecule has 0 aliphatic carbocycles. The van der Waals surface area contributed by atoms with Crippen molar-refractivity contribution in [3.63, 3.8) is 0 Å². The lowest BCUT2D eigenvalue weighted by Crippen LogP contribution is -2.44. The molecule has 1 fully saturated rings. The normalized spacial score (nSPS) is 16.0. The summed E-state index contributed by atoms with van der Waals surface area (Å²) >= 11 is 0. The van der Waals surface area contributed by atoms with Crippen LogP contribution in [0.4, 0.5) is 0 Å². The van der Waals surface area contributed by atoms with Gasteiger partial charge in [0, 0.05) is 55.4 Å². The summed E-state index contributed by atoms with van der Waals surface area (Å²) in [5, 5.41) is 4.33. The van der Waals surface area contributed by atoms with Crippen LogP contribution in [0.2, 0.25) is 0 Å². The highest BCUT2D eigenvalue weighted by Gasteiger charge is 2.21. The van der Waals surface area contributed by atoms with Gasteiger partial charge in [0.15, 0.2) is 0 Å². The summed E-state index contributed by atoms with van der Waals surface area (Å²) in [7, 11) is 2.02. The minimum atomic E-state index is 0.0391. The molecule has 3 aromatic rings. The summed E-state index contributed by atoms with van der Waals surface area (Å²) in [6.45, 7) is 3.04. The molecule has 1 aliphatic heterocycles. The predicted molar refractivity (Wildman–Crippen MR) is 105 cm³/mol. The number of rotatable bonds is 4. The Balaban J connectivity index is 1.32. The number of hydrogen-bond donors (Lipinski definition) is 1. The highest BCUT2D eigenvalue weighted by molar-refractivity contribution is 5.98. The van der Waals surface area contributed by atoms with E-state index in [1.807, 2.05) is 37.5 Å². The van der Waals surface area contributed by atoms with E-state index in [-0.39, 0.29) is 11.9 Å². The van der Waals surface area contributed by atoms with Crippen molar-refractivity contribution < 1.29 is 4.79 Å². The lowest BCUT2D eigenvalue weighted by Gasteiger charge is -2.32. The maximum atomic E-state index is 12.6. The average molecular weight is 347 g/mol. The summed E-state index contributed by atoms with van der Waals surface area (Å²) in [4.78, 5) is 15.1. The van der Waals surface area contributed by atoms with Gasteiger partial charge in [0.2, 0.25) is 0 Å². The second kappa shape index (κ2) is 7.34. The van der Waals surface area contributed by atoms with Gasteiger partial charge in [0.1, 0.15) is 0 Å². The molecule has 1 saturated heterocycles. The lowest BCUT2D eigenvalue weighted by atomic mass is 10.0. The number of fused-ring (bicyclic) bond motifs is 1. The van der Waals surface area contributed by atoms with Crippen LogP contribution in [0.25, 0.3) is 10.9 Å². The highest BCUT2D eigenvalue weighted by atomic mass is 16.1. The minimum absolute atomic E-state index is 0.0391. The fraction of sp³-hybridized carbons (Fsp3) is 0.318. The number of likely N-dealkylation sites (tertiary alicyclic amines) is 1. The third-order valence-electron chi connectivity index (χ3n) is 5.32. The second-order valence-corrected chi connectivity index (χ2v) is 7.21. The number of carbonyl (C=O) groups is 1. The molecule has 26 heavy (non-hydrogen) atoms. The topological polar surface area (TPSA) is 37.3 Å². The zero-order valence-electron chi connectivity index (χ0n) is 15.2. The molecule has 134 valence electrons. The summed E-state index contributed by atoms with van der Waals surface area (Å²) in [5.41, 5.74) is 3.25. The van der Waals surface area contributed by atoms with Gasteiger partial charge < -0.3 is 9.88 Å². The van der Waals surface area contributed by atoms with Gasteiger partial charge in [-0.3, -0.25) is 9.69 Å². The molecule has 1 aromatic heterocycles. The first-order valence-electron chi connectivity index (χ1n) is 9.31. The first kappa shape index (κ1) is 16.9. The molecule has 1 aliphatic rings. The Labute approximate surface area is 154 Å². The maximum Gasteiger partial charge on any atom is 0.251 e. The van der Waals surface area contributed by atoms with Gasteiger partial charge in [-0.25, -0.2) is 0 Å². The Bertz CT molecular complexity index is 892. The number of carbonyl (C=O) groups excluding carboxylic acids is 1. The van der Waals surface area contributed by atoms with Crippen molar-refractivity contribution >= 4 is 16.8 Å². The summed E-state index contributed by atoms with van der Waals surface area (Å²) < 4.78 is 2.07. The molecule has 0 radical (unpaired) electrons. The van der Waals surface area contributed by atoms with Crippen LogP contribution in [-0.2, 0) is 13.6 Å². The number of aryl methyl sites for hydroxylation is 1. The zero-order valence-corrected chi connectivity index (χ0v) is 15.2. The Hall–Kier alpha value is -2.59. The molecule has 2 aromatic carbocycles. The van der Waals surface area contributed by atoms with E-state index in [0.717, 1.165) is 48.9 Å². The number of aromatic nitrogens is 1. The van der Waals surface area contributed by atoms with E-state index < -0.39 is 0 Å². The van der Waals surface area contributed by atoms with Crippen molar-refractivity contribution in [3.8, 4) is 0 Å². The number of benzene rings is 2. The van der Waals surface area contributed by atoms with Crippen molar-refractivity contribution in [2.45, 2.75) is 25.4 Å². The molecule has 4 rings (SSSR count). The van der Waals surface area contributed by atoms with Crippen molar-refractivity contribution in [1.82, 2.24) is 14.8 Å². The van der Waals surface area contributed by atoms with Gasteiger partial charge >= 0.3 is 0 Å². The average Bonchev–Trinajstić information content (AvgIpc) is 3.04. The molecule has 2 heterocycles. The number of nitrogens with zero attached hydrogens (tertiary/aromatic N) is 2. The van der Waals surface area contributed by atoms with Crippen molar-refractivity contribution in [3.05, 3.63) is 71.9 Å². The molecule has 0 saturated carbocycles. The van der Waals surface area contributed by atoms with Crippen LogP contribution in [0.3, 0.4) is 0 Å². The Morgan fingerprint density at radius 1 is 1.08 bits per heavy atom. The summed E-state index contributed by atoms with van der Waals surface area (Å²) in [5.74, 6) is 0.0391. The zero-order chi connectivity index (χ0) is 17.9. The lowest BCUT2D eigenvalue weighted by molar-refractivity contribution is 0.0909. The fourth-order valence-electron chi connectivity index (χ4n) is 3.77. The van der Waals surface area contributed by atoms with Gasteiger partial charge in [-0.2, -0.15) is 0 Å². The molecular weight excluding hydrogens is 322 g/mol. The van der Waals surface area contributed by atoms with Gasteiger partial charge in [-0.1, -0.05) is 30.3 Å². The Kier molecular flexibility index (Phi) is 4.76. The van der Waals surface area contributed by atoms with E-state index in [4.69, 9.17) is 0 Å². The van der Waals surface area contributed by atoms with Crippen molar-refractivity contribution in [1.29, 1.82) is 0 Å². The van der Waals surface area contributed by atoms with Crippen molar-refractivity contribution in [2.75, 3.05) is 13.1 Å². The van der Waals surface area contributed by atoms with E-state index in [2.05, 4.69) is 45.1 Å². The van der Waals surface area contributed by atoms with Crippen LogP contribution < -0.4 is 5.32 Å². The first-order chi connectivity index (χ1) is 12.7. The fourth-order valence-corrected chi connectivity index (χ4v) is 3.77. The first-order valence-corrected chi connectivity index (χ1v) is 9.31. The maximum absolute atomic E-state index is 12.6. The highest BCUT2D eigenvalue weighted by Crippen LogP contribution is 2.18. The van der Waals surface area contributed by atoms with Crippen molar-refractivity contribution in [2.24, 2.45) is 7.05 Å². The van der Waals surface area contributed by atoms with E-state index in [1.165, 1.54) is 5.56 Å². The van der Waals surface area contributed by atoms with Crippen LogP contribution in [-0.4, -0.2) is 34.5 Å². The molecule has 4 nitrogen and oxygen atoms in total. The second-order valence-electron chi connectivity index (χ2n) is 7.21. The van der Waals surface area contributed by atoms with Crippen LogP contribution in [0, 0.1) is 0 Å². The standard InChI is InChI=1S/C22H25N3O/c1-24-12-9-18-15-19(7-8-21(18)24)22(26)23-20-10-13-25(14-11-20)16-17-5-3-2-4-6-17/h2-9,12,15,20H,10-11,13-14,16H2,1H3,(H,23,26). The van der Waals surface area contributed by atoms with E-state index in [0.29, 0.717) is 0 Å². The number of amides is 1. The van der Waals surface area contributed by atoms with Gasteiger partial charge in [0.25, 0.3) is 5.91 Å². The van der Waals surface area contributed by atoms with Crippen LogP contribution in [0.15, 0.2) is 60.8 Å². The molecule has 4 heteroatoms. The predicted octanol–water partition coefficient (Wildman–Crippen LogP) is 3.57. The van der Waals surface area contributed by atoms with Gasteiger partial charge in [-0.15, -0.1) is 0 Å². The number of nitrogens with one attached hydrogen (secondary N) is 1. The molecule has 0 bridgehead atoms. The summed E-state index contributed by atoms with van der Waals surface area (Å²) in [6.07, 6.45) is 4.03. The molecule has 0 unspecified atom stereocenters. The smallest absolute Gasteiger partial charge is 0.251 e. The van der Waals surface area contributed by atoms with Crippen LogP contribution in [0.5, 0.6) is 0 Å². The largest absolute Gasteiger partial charge is 0.351 e.